The van der Waals surface area contributed by atoms with Crippen molar-refractivity contribution in [2.45, 2.75) is 100 Å². The Morgan fingerprint density at radius 2 is 1.44 bits per heavy atom. The van der Waals surface area contributed by atoms with Crippen molar-refractivity contribution < 1.29 is 0 Å². The van der Waals surface area contributed by atoms with Gasteiger partial charge in [0.15, 0.2) is 0 Å². The fourth-order valence-electron chi connectivity index (χ4n) is 8.11. The topological polar surface area (TPSA) is 29.6 Å². The van der Waals surface area contributed by atoms with Gasteiger partial charge in [0.05, 0.1) is 16.9 Å². The van der Waals surface area contributed by atoms with Crippen LogP contribution in [0, 0.1) is 32.1 Å². The van der Waals surface area contributed by atoms with Gasteiger partial charge in [-0.25, -0.2) is 0 Å². The number of aliphatic imine (C=N–C) groups is 2. The van der Waals surface area contributed by atoms with E-state index >= 15 is 0 Å². The molecular weight excluding hydrogens is 878 g/mol. The first kappa shape index (κ1) is 58.5. The minimum atomic E-state index is 0.320. The lowest BCUT2D eigenvalue weighted by Gasteiger charge is -2.18. The molecule has 0 radical (unpaired) electrons. The maximum absolute atomic E-state index is 5.44. The second-order valence-corrected chi connectivity index (χ2v) is 18.8. The molecule has 6 aromatic rings. The Bertz CT molecular complexity index is 2730. The van der Waals surface area contributed by atoms with Crippen molar-refractivity contribution in [1.82, 2.24) is 4.57 Å². The van der Waals surface area contributed by atoms with Crippen LogP contribution in [-0.4, -0.2) is 29.7 Å². The molecule has 2 unspecified atom stereocenters. The van der Waals surface area contributed by atoms with E-state index in [1.54, 1.807) is 6.21 Å². The molecule has 0 aliphatic carbocycles. The van der Waals surface area contributed by atoms with Gasteiger partial charge in [-0.1, -0.05) is 238 Å². The van der Waals surface area contributed by atoms with E-state index in [0.29, 0.717) is 27.2 Å². The molecule has 4 heteroatoms. The average Bonchev–Trinajstić information content (AvgIpc) is 3.68. The Morgan fingerprint density at radius 3 is 1.99 bits per heavy atom. The summed E-state index contributed by atoms with van der Waals surface area (Å²) in [6.45, 7) is 32.3. The highest BCUT2D eigenvalue weighted by atomic mass is 31.1. The third-order valence-corrected chi connectivity index (χ3v) is 13.1. The summed E-state index contributed by atoms with van der Waals surface area (Å²) in [5, 5.41) is 2.55. The third kappa shape index (κ3) is 19.1. The minimum absolute atomic E-state index is 0.320. The second kappa shape index (κ2) is 33.6. The number of benzene rings is 5. The maximum atomic E-state index is 5.44. The standard InChI is InChI=1S/C39H40N3P.C12H18.2C7H8.C2H6/c1-8-12-19-31(16-9-2)35(40-7)24-26-41-25-23-30-18-15-20-32(27-30)42-36-22-14-13-21-34(36)38-33(11-4)37(17-10-3)43-29(6)28(5)39(38)42;1-3-7-11(2)10-12-8-5-4-6-9-12;2*1-7-5-3-2-4-6-7;1-2/h1,9-11,13-22,24,26-27,29,43H,4-5,7,12,23,25H2,2-3,6H3;4-6,8-9,11H,3,7,10H2,1-2H3;2*2-6H,1H3;1-2H3/b16-9-,17-10-,31-19+,35-24-,41-26?;;;;/t;11-;;;/m.1.../s1. The Labute approximate surface area is 431 Å². The first-order valence-corrected chi connectivity index (χ1v) is 26.4. The van der Waals surface area contributed by atoms with E-state index in [-0.39, 0.29) is 0 Å². The van der Waals surface area contributed by atoms with Gasteiger partial charge in [0.2, 0.25) is 0 Å². The van der Waals surface area contributed by atoms with Crippen LogP contribution in [0.5, 0.6) is 0 Å². The van der Waals surface area contributed by atoms with Gasteiger partial charge in [0.1, 0.15) is 0 Å². The zero-order chi connectivity index (χ0) is 51.8. The van der Waals surface area contributed by atoms with Crippen LogP contribution in [0.1, 0.15) is 101 Å². The normalized spacial score (nSPS) is 14.2. The second-order valence-electron chi connectivity index (χ2n) is 17.1. The van der Waals surface area contributed by atoms with Gasteiger partial charge in [0, 0.05) is 41.5 Å². The predicted molar refractivity (Wildman–Crippen MR) is 321 cm³/mol. The van der Waals surface area contributed by atoms with E-state index in [4.69, 9.17) is 6.42 Å². The van der Waals surface area contributed by atoms with E-state index in [2.05, 4.69) is 197 Å². The molecule has 0 bridgehead atoms. The van der Waals surface area contributed by atoms with Gasteiger partial charge in [-0.3, -0.25) is 9.98 Å². The summed E-state index contributed by atoms with van der Waals surface area (Å²) in [4.78, 5) is 8.82. The lowest BCUT2D eigenvalue weighted by atomic mass is 9.97. The zero-order valence-corrected chi connectivity index (χ0v) is 45.3. The van der Waals surface area contributed by atoms with E-state index in [1.807, 2.05) is 87.5 Å². The number of terminal acetylenes is 1. The summed E-state index contributed by atoms with van der Waals surface area (Å²) in [6, 6.07) is 48.7. The molecule has 1 aromatic heterocycles. The Balaban J connectivity index is 0.000000380. The van der Waals surface area contributed by atoms with Crippen LogP contribution in [0.3, 0.4) is 0 Å². The van der Waals surface area contributed by atoms with Crippen molar-refractivity contribution in [2.24, 2.45) is 15.9 Å². The van der Waals surface area contributed by atoms with Gasteiger partial charge >= 0.3 is 0 Å². The molecule has 3 atom stereocenters. The van der Waals surface area contributed by atoms with Gasteiger partial charge < -0.3 is 4.57 Å². The first-order valence-electron chi connectivity index (χ1n) is 25.3. The monoisotopic (exact) mass is 958 g/mol. The Morgan fingerprint density at radius 1 is 0.831 bits per heavy atom. The van der Waals surface area contributed by atoms with Gasteiger partial charge in [0.25, 0.3) is 0 Å². The highest BCUT2D eigenvalue weighted by Crippen LogP contribution is 2.50. The number of aryl methyl sites for hydroxylation is 2. The quantitative estimate of drug-likeness (QED) is 0.0425. The molecule has 0 saturated heterocycles. The van der Waals surface area contributed by atoms with E-state index < -0.39 is 0 Å². The molecule has 1 aliphatic heterocycles. The summed E-state index contributed by atoms with van der Waals surface area (Å²) in [6.07, 6.45) is 26.6. The Hall–Kier alpha value is -6.85. The van der Waals surface area contributed by atoms with Crippen molar-refractivity contribution in [3.8, 4) is 18.0 Å². The molecule has 0 spiro atoms. The average molecular weight is 958 g/mol. The fraction of sp³-hybridized carbons (Fsp3) is 0.254. The first-order chi connectivity index (χ1) is 34.6. The zero-order valence-electron chi connectivity index (χ0n) is 44.3. The van der Waals surface area contributed by atoms with Gasteiger partial charge in [-0.2, -0.15) is 0 Å². The summed E-state index contributed by atoms with van der Waals surface area (Å²) >= 11 is 0. The van der Waals surface area contributed by atoms with Crippen LogP contribution < -0.4 is 0 Å². The fourth-order valence-corrected chi connectivity index (χ4v) is 9.53. The van der Waals surface area contributed by atoms with Crippen LogP contribution >= 0.6 is 8.58 Å². The molecule has 5 aromatic carbocycles. The van der Waals surface area contributed by atoms with E-state index in [1.165, 1.54) is 74.6 Å². The van der Waals surface area contributed by atoms with Crippen LogP contribution in [0.4, 0.5) is 0 Å². The summed E-state index contributed by atoms with van der Waals surface area (Å²) in [7, 11) is 0.627. The molecule has 0 amide bonds. The number of nitrogens with zero attached hydrogens (tertiary/aromatic N) is 3. The molecule has 1 aliphatic rings. The molecule has 0 saturated carbocycles. The minimum Gasteiger partial charge on any atom is -0.309 e. The summed E-state index contributed by atoms with van der Waals surface area (Å²) in [5.41, 5.74) is 14.4. The smallest absolute Gasteiger partial charge is 0.0706 e. The van der Waals surface area contributed by atoms with Crippen LogP contribution in [0.2, 0.25) is 0 Å². The highest BCUT2D eigenvalue weighted by molar-refractivity contribution is 7.45. The highest BCUT2D eigenvalue weighted by Gasteiger charge is 2.28. The molecule has 71 heavy (non-hydrogen) atoms. The molecule has 368 valence electrons. The SMILES string of the molecule is C#CC/C=C(\C=C/C)C(=C/C=NCCc1cccc(-n2c3c(c4ccccc42)C(C=C)=C(/C=C\C)PC(C)C3=C)c1)/N=C.CC.CCC[C@@H](C)Cc1ccccc1.Cc1ccccc1.Cc1ccccc1. The predicted octanol–water partition coefficient (Wildman–Crippen LogP) is 18.6. The molecule has 7 rings (SSSR count). The lowest BCUT2D eigenvalue weighted by Crippen LogP contribution is -2.06. The van der Waals surface area contributed by atoms with Crippen molar-refractivity contribution in [3.05, 3.63) is 245 Å². The molecular formula is C67H80N3P. The lowest BCUT2D eigenvalue weighted by molar-refractivity contribution is 0.522. The molecule has 2 heterocycles. The van der Waals surface area contributed by atoms with Crippen molar-refractivity contribution in [1.29, 1.82) is 0 Å². The number of hydrogen-bond donors (Lipinski definition) is 0. The maximum Gasteiger partial charge on any atom is 0.0706 e. The van der Waals surface area contributed by atoms with Crippen LogP contribution in [-0.2, 0) is 12.8 Å². The molecule has 0 N–H and O–H groups in total. The number of rotatable bonds is 15. The van der Waals surface area contributed by atoms with E-state index in [0.717, 1.165) is 34.9 Å². The van der Waals surface area contributed by atoms with E-state index in [9.17, 15) is 0 Å². The van der Waals surface area contributed by atoms with Crippen molar-refractivity contribution in [2.75, 3.05) is 6.54 Å². The number of para-hydroxylation sites is 1. The van der Waals surface area contributed by atoms with Crippen molar-refractivity contribution >= 4 is 43.6 Å². The van der Waals surface area contributed by atoms with Crippen LogP contribution in [0.25, 0.3) is 27.7 Å². The molecule has 0 fully saturated rings. The number of hydrogen-bond acceptors (Lipinski definition) is 2. The van der Waals surface area contributed by atoms with Crippen molar-refractivity contribution in [3.63, 3.8) is 0 Å². The summed E-state index contributed by atoms with van der Waals surface area (Å²) < 4.78 is 2.39. The third-order valence-electron chi connectivity index (χ3n) is 11.5. The number of fused-ring (bicyclic) bond motifs is 3. The van der Waals surface area contributed by atoms with Gasteiger partial charge in [-0.05, 0) is 111 Å². The Kier molecular flexibility index (Phi) is 27.7. The number of aromatic nitrogens is 1. The number of allylic oxidation sites excluding steroid dienone is 10. The largest absolute Gasteiger partial charge is 0.309 e. The van der Waals surface area contributed by atoms with Gasteiger partial charge in [-0.15, -0.1) is 12.3 Å². The van der Waals surface area contributed by atoms with Crippen LogP contribution in [0.15, 0.2) is 222 Å². The molecule has 3 nitrogen and oxygen atoms in total. The summed E-state index contributed by atoms with van der Waals surface area (Å²) in [5.74, 6) is 3.47.